The molecule has 1 aliphatic rings. The Kier molecular flexibility index (Phi) is 4.69. The monoisotopic (exact) mass is 419 g/mol. The standard InChI is InChI=1S/C23H22FN5O2/c1-13-9-25-21(30-3)8-16(13)18-11-27-23(29-12-14(2)28-22(18)29)26-10-17-15-6-7-31-20(15)5-4-19(17)24/h4-5,8-9,11-12H,6-7,10H2,1-3H3,(H,26,27). The molecule has 158 valence electrons. The van der Waals surface area contributed by atoms with Gasteiger partial charge in [-0.15, -0.1) is 0 Å². The highest BCUT2D eigenvalue weighted by molar-refractivity contribution is 5.80. The molecule has 1 aliphatic heterocycles. The van der Waals surface area contributed by atoms with E-state index in [1.807, 2.05) is 30.5 Å². The normalized spacial score (nSPS) is 12.6. The van der Waals surface area contributed by atoms with Gasteiger partial charge in [-0.2, -0.15) is 0 Å². The van der Waals surface area contributed by atoms with Gasteiger partial charge < -0.3 is 14.8 Å². The smallest absolute Gasteiger partial charge is 0.213 e. The predicted octanol–water partition coefficient (Wildman–Crippen LogP) is 4.10. The lowest BCUT2D eigenvalue weighted by Gasteiger charge is -2.14. The fourth-order valence-corrected chi connectivity index (χ4v) is 4.00. The third-order valence-electron chi connectivity index (χ3n) is 5.55. The van der Waals surface area contributed by atoms with Crippen LogP contribution in [0.1, 0.15) is 22.4 Å². The van der Waals surface area contributed by atoms with Gasteiger partial charge in [-0.05, 0) is 37.1 Å². The van der Waals surface area contributed by atoms with E-state index in [4.69, 9.17) is 14.5 Å². The SMILES string of the molecule is COc1cc(-c2cnc(NCc3c(F)ccc4c3CCO4)n3cc(C)nc23)c(C)cn1. The molecular weight excluding hydrogens is 397 g/mol. The summed E-state index contributed by atoms with van der Waals surface area (Å²) in [6.45, 7) is 4.81. The second kappa shape index (κ2) is 7.54. The van der Waals surface area contributed by atoms with Crippen molar-refractivity contribution in [3.63, 3.8) is 0 Å². The van der Waals surface area contributed by atoms with E-state index in [2.05, 4.69) is 15.3 Å². The fourth-order valence-electron chi connectivity index (χ4n) is 4.00. The highest BCUT2D eigenvalue weighted by Crippen LogP contribution is 2.32. The van der Waals surface area contributed by atoms with E-state index in [0.717, 1.165) is 39.3 Å². The summed E-state index contributed by atoms with van der Waals surface area (Å²) < 4.78 is 27.3. The largest absolute Gasteiger partial charge is 0.493 e. The summed E-state index contributed by atoms with van der Waals surface area (Å²) in [4.78, 5) is 13.6. The highest BCUT2D eigenvalue weighted by atomic mass is 19.1. The van der Waals surface area contributed by atoms with Crippen LogP contribution >= 0.6 is 0 Å². The Bertz CT molecular complexity index is 1300. The first-order chi connectivity index (χ1) is 15.0. The number of aryl methyl sites for hydroxylation is 2. The molecule has 0 saturated heterocycles. The number of anilines is 1. The lowest BCUT2D eigenvalue weighted by atomic mass is 10.0. The molecule has 0 fully saturated rings. The zero-order chi connectivity index (χ0) is 21.5. The van der Waals surface area contributed by atoms with Crippen LogP contribution in [0, 0.1) is 19.7 Å². The quantitative estimate of drug-likeness (QED) is 0.525. The van der Waals surface area contributed by atoms with Crippen molar-refractivity contribution < 1.29 is 13.9 Å². The van der Waals surface area contributed by atoms with E-state index >= 15 is 0 Å². The number of nitrogens with zero attached hydrogens (tertiary/aromatic N) is 4. The van der Waals surface area contributed by atoms with Gasteiger partial charge in [0, 0.05) is 54.3 Å². The molecule has 4 aromatic rings. The Morgan fingerprint density at radius 3 is 2.90 bits per heavy atom. The molecule has 5 rings (SSSR count). The van der Waals surface area contributed by atoms with E-state index in [0.29, 0.717) is 37.0 Å². The number of pyridine rings is 1. The van der Waals surface area contributed by atoms with Gasteiger partial charge in [0.15, 0.2) is 0 Å². The number of benzene rings is 1. The molecule has 0 atom stereocenters. The maximum Gasteiger partial charge on any atom is 0.213 e. The number of aromatic nitrogens is 4. The van der Waals surface area contributed by atoms with Crippen LogP contribution in [0.25, 0.3) is 16.8 Å². The zero-order valence-corrected chi connectivity index (χ0v) is 17.6. The summed E-state index contributed by atoms with van der Waals surface area (Å²) in [5.41, 5.74) is 5.96. The molecule has 3 aromatic heterocycles. The minimum absolute atomic E-state index is 0.245. The predicted molar refractivity (Wildman–Crippen MR) is 115 cm³/mol. The Labute approximate surface area is 178 Å². The average molecular weight is 419 g/mol. The maximum absolute atomic E-state index is 14.5. The fraction of sp³-hybridized carbons (Fsp3) is 0.261. The Balaban J connectivity index is 1.54. The van der Waals surface area contributed by atoms with Crippen LogP contribution in [0.4, 0.5) is 10.3 Å². The van der Waals surface area contributed by atoms with Crippen molar-refractivity contribution in [2.75, 3.05) is 19.0 Å². The lowest BCUT2D eigenvalue weighted by molar-refractivity contribution is 0.356. The third kappa shape index (κ3) is 3.34. The van der Waals surface area contributed by atoms with Crippen LogP contribution in [0.3, 0.4) is 0 Å². The Morgan fingerprint density at radius 2 is 2.06 bits per heavy atom. The Morgan fingerprint density at radius 1 is 1.19 bits per heavy atom. The van der Waals surface area contributed by atoms with Crippen LogP contribution in [0.15, 0.2) is 36.8 Å². The number of ether oxygens (including phenoxy) is 2. The van der Waals surface area contributed by atoms with Crippen LogP contribution in [0.5, 0.6) is 11.6 Å². The van der Waals surface area contributed by atoms with Gasteiger partial charge in [0.05, 0.1) is 19.4 Å². The number of imidazole rings is 1. The number of halogens is 1. The molecule has 0 aliphatic carbocycles. The van der Waals surface area contributed by atoms with Crippen LogP contribution in [-0.4, -0.2) is 33.1 Å². The first-order valence-corrected chi connectivity index (χ1v) is 10.1. The van der Waals surface area contributed by atoms with E-state index in [-0.39, 0.29) is 5.82 Å². The Hall–Kier alpha value is -3.68. The molecule has 0 radical (unpaired) electrons. The molecule has 0 spiro atoms. The molecule has 1 aromatic carbocycles. The van der Waals surface area contributed by atoms with Gasteiger partial charge in [0.2, 0.25) is 11.8 Å². The molecule has 0 bridgehead atoms. The van der Waals surface area contributed by atoms with E-state index < -0.39 is 0 Å². The van der Waals surface area contributed by atoms with Crippen molar-refractivity contribution >= 4 is 11.6 Å². The first-order valence-electron chi connectivity index (χ1n) is 10.1. The van der Waals surface area contributed by atoms with Crippen molar-refractivity contribution in [2.45, 2.75) is 26.8 Å². The number of rotatable bonds is 5. The molecule has 4 heterocycles. The number of fused-ring (bicyclic) bond motifs is 2. The number of hydrogen-bond donors (Lipinski definition) is 1. The third-order valence-corrected chi connectivity index (χ3v) is 5.55. The second-order valence-corrected chi connectivity index (χ2v) is 7.57. The summed E-state index contributed by atoms with van der Waals surface area (Å²) in [6, 6.07) is 5.03. The summed E-state index contributed by atoms with van der Waals surface area (Å²) in [5.74, 6) is 1.63. The zero-order valence-electron chi connectivity index (χ0n) is 17.6. The summed E-state index contributed by atoms with van der Waals surface area (Å²) >= 11 is 0. The summed E-state index contributed by atoms with van der Waals surface area (Å²) in [5, 5.41) is 3.28. The highest BCUT2D eigenvalue weighted by Gasteiger charge is 2.20. The molecule has 0 unspecified atom stereocenters. The van der Waals surface area contributed by atoms with Gasteiger partial charge >= 0.3 is 0 Å². The van der Waals surface area contributed by atoms with Gasteiger partial charge in [-0.3, -0.25) is 4.40 Å². The molecule has 1 N–H and O–H groups in total. The molecule has 0 amide bonds. The van der Waals surface area contributed by atoms with Crippen molar-refractivity contribution in [1.29, 1.82) is 0 Å². The molecule has 7 nitrogen and oxygen atoms in total. The van der Waals surface area contributed by atoms with Gasteiger partial charge in [0.1, 0.15) is 17.2 Å². The molecule has 8 heteroatoms. The summed E-state index contributed by atoms with van der Waals surface area (Å²) in [6.07, 6.45) is 6.17. The van der Waals surface area contributed by atoms with Crippen LogP contribution < -0.4 is 14.8 Å². The lowest BCUT2D eigenvalue weighted by Crippen LogP contribution is -2.10. The van der Waals surface area contributed by atoms with Gasteiger partial charge in [-0.1, -0.05) is 0 Å². The average Bonchev–Trinajstić information content (AvgIpc) is 3.40. The first kappa shape index (κ1) is 19.3. The minimum Gasteiger partial charge on any atom is -0.493 e. The second-order valence-electron chi connectivity index (χ2n) is 7.57. The van der Waals surface area contributed by atoms with Crippen molar-refractivity contribution in [3.8, 4) is 22.8 Å². The van der Waals surface area contributed by atoms with Crippen LogP contribution in [-0.2, 0) is 13.0 Å². The number of methoxy groups -OCH3 is 1. The van der Waals surface area contributed by atoms with Crippen LogP contribution in [0.2, 0.25) is 0 Å². The maximum atomic E-state index is 14.5. The topological polar surface area (TPSA) is 73.6 Å². The van der Waals surface area contributed by atoms with Gasteiger partial charge in [-0.25, -0.2) is 19.3 Å². The van der Waals surface area contributed by atoms with E-state index in [1.165, 1.54) is 6.07 Å². The van der Waals surface area contributed by atoms with E-state index in [9.17, 15) is 4.39 Å². The molecule has 31 heavy (non-hydrogen) atoms. The van der Waals surface area contributed by atoms with Crippen molar-refractivity contribution in [3.05, 3.63) is 65.0 Å². The van der Waals surface area contributed by atoms with Crippen molar-refractivity contribution in [2.24, 2.45) is 0 Å². The van der Waals surface area contributed by atoms with Gasteiger partial charge in [0.25, 0.3) is 0 Å². The molecular formula is C23H22FN5O2. The van der Waals surface area contributed by atoms with Crippen molar-refractivity contribution in [1.82, 2.24) is 19.4 Å². The minimum atomic E-state index is -0.245. The number of hydrogen-bond acceptors (Lipinski definition) is 6. The molecule has 0 saturated carbocycles. The number of nitrogens with one attached hydrogen (secondary N) is 1. The summed E-state index contributed by atoms with van der Waals surface area (Å²) in [7, 11) is 1.59. The van der Waals surface area contributed by atoms with E-state index in [1.54, 1.807) is 25.6 Å².